The maximum absolute atomic E-state index is 11.3. The van der Waals surface area contributed by atoms with Crippen LogP contribution in [0, 0.1) is 0 Å². The van der Waals surface area contributed by atoms with Gasteiger partial charge < -0.3 is 10.2 Å². The number of aliphatic carboxylic acids is 1. The van der Waals surface area contributed by atoms with Crippen LogP contribution in [0.5, 0.6) is 5.75 Å². The predicted molar refractivity (Wildman–Crippen MR) is 62.8 cm³/mol. The van der Waals surface area contributed by atoms with Crippen LogP contribution in [0.25, 0.3) is 0 Å². The fourth-order valence-electron chi connectivity index (χ4n) is 2.05. The number of thioether (sulfide) groups is 1. The summed E-state index contributed by atoms with van der Waals surface area (Å²) in [4.78, 5) is 12.2. The molecule has 1 aromatic rings. The summed E-state index contributed by atoms with van der Waals surface area (Å²) in [5, 5.41) is 18.5. The van der Waals surface area contributed by atoms with E-state index in [0.29, 0.717) is 0 Å². The van der Waals surface area contributed by atoms with Crippen molar-refractivity contribution in [2.75, 3.05) is 0 Å². The van der Waals surface area contributed by atoms with Crippen molar-refractivity contribution in [3.8, 4) is 5.75 Å². The van der Waals surface area contributed by atoms with E-state index in [1.54, 1.807) is 24.3 Å². The lowest BCUT2D eigenvalue weighted by molar-refractivity contribution is -0.139. The minimum atomic E-state index is -0.719. The number of benzene rings is 1. The molecule has 4 heteroatoms. The summed E-state index contributed by atoms with van der Waals surface area (Å²) in [6, 6.07) is 6.71. The molecule has 1 aromatic carbocycles. The summed E-state index contributed by atoms with van der Waals surface area (Å²) in [7, 11) is 0. The van der Waals surface area contributed by atoms with Crippen LogP contribution < -0.4 is 0 Å². The van der Waals surface area contributed by atoms with Crippen molar-refractivity contribution in [1.82, 2.24) is 0 Å². The summed E-state index contributed by atoms with van der Waals surface area (Å²) >= 11 is 1.40. The van der Waals surface area contributed by atoms with Gasteiger partial charge in [-0.2, -0.15) is 0 Å². The van der Waals surface area contributed by atoms with Gasteiger partial charge in [-0.25, -0.2) is 0 Å². The first-order chi connectivity index (χ1) is 7.62. The van der Waals surface area contributed by atoms with E-state index in [1.165, 1.54) is 11.8 Å². The number of phenolic OH excluding ortho intramolecular Hbond substituents is 1. The molecule has 2 N–H and O–H groups in total. The summed E-state index contributed by atoms with van der Waals surface area (Å²) in [6.45, 7) is 0. The zero-order chi connectivity index (χ0) is 11.6. The van der Waals surface area contributed by atoms with Gasteiger partial charge in [0.25, 0.3) is 0 Å². The van der Waals surface area contributed by atoms with Gasteiger partial charge in [0.1, 0.15) is 10.5 Å². The third-order valence-corrected chi connectivity index (χ3v) is 4.43. The van der Waals surface area contributed by atoms with Crippen LogP contribution in [-0.4, -0.2) is 20.9 Å². The Morgan fingerprint density at radius 2 is 1.75 bits per heavy atom. The molecule has 3 nitrogen and oxygen atoms in total. The second kappa shape index (κ2) is 4.37. The van der Waals surface area contributed by atoms with Gasteiger partial charge >= 0.3 is 5.97 Å². The molecule has 1 aliphatic carbocycles. The third kappa shape index (κ3) is 2.16. The van der Waals surface area contributed by atoms with Crippen molar-refractivity contribution >= 4 is 17.7 Å². The highest BCUT2D eigenvalue weighted by Crippen LogP contribution is 2.45. The summed E-state index contributed by atoms with van der Waals surface area (Å²) in [5.74, 6) is -0.511. The molecule has 2 rings (SSSR count). The molecule has 1 fully saturated rings. The fraction of sp³-hybridized carbons (Fsp3) is 0.417. The number of carboxylic acids is 1. The maximum Gasteiger partial charge on any atom is 0.320 e. The standard InChI is InChI=1S/C12H14O3S/c13-9-3-5-10(6-4-9)16-12(11(14)15)7-1-2-8-12/h3-6,13H,1-2,7-8H2,(H,14,15). The average molecular weight is 238 g/mol. The van der Waals surface area contributed by atoms with Crippen LogP contribution in [0.3, 0.4) is 0 Å². The van der Waals surface area contributed by atoms with E-state index >= 15 is 0 Å². The topological polar surface area (TPSA) is 57.5 Å². The molecular formula is C12H14O3S. The van der Waals surface area contributed by atoms with Crippen LogP contribution in [0.2, 0.25) is 0 Å². The Labute approximate surface area is 98.5 Å². The van der Waals surface area contributed by atoms with Crippen LogP contribution in [0.15, 0.2) is 29.2 Å². The molecule has 1 aliphatic rings. The van der Waals surface area contributed by atoms with Crippen molar-refractivity contribution < 1.29 is 15.0 Å². The van der Waals surface area contributed by atoms with E-state index in [4.69, 9.17) is 5.11 Å². The van der Waals surface area contributed by atoms with Crippen LogP contribution in [0.4, 0.5) is 0 Å². The van der Waals surface area contributed by atoms with Gasteiger partial charge in [0.2, 0.25) is 0 Å². The van der Waals surface area contributed by atoms with Crippen LogP contribution >= 0.6 is 11.8 Å². The lowest BCUT2D eigenvalue weighted by atomic mass is 10.1. The number of carboxylic acid groups (broad SMARTS) is 1. The van der Waals surface area contributed by atoms with Crippen molar-refractivity contribution in [1.29, 1.82) is 0 Å². The lowest BCUT2D eigenvalue weighted by Crippen LogP contribution is -2.31. The molecule has 0 bridgehead atoms. The Hall–Kier alpha value is -1.16. The number of carbonyl (C=O) groups is 1. The van der Waals surface area contributed by atoms with Crippen LogP contribution in [0.1, 0.15) is 25.7 Å². The number of phenols is 1. The van der Waals surface area contributed by atoms with E-state index in [9.17, 15) is 9.90 Å². The van der Waals surface area contributed by atoms with Gasteiger partial charge in [-0.05, 0) is 37.1 Å². The largest absolute Gasteiger partial charge is 0.508 e. The Morgan fingerprint density at radius 1 is 1.19 bits per heavy atom. The van der Waals surface area contributed by atoms with E-state index in [-0.39, 0.29) is 5.75 Å². The molecule has 86 valence electrons. The van der Waals surface area contributed by atoms with Gasteiger partial charge in [0.15, 0.2) is 0 Å². The Morgan fingerprint density at radius 3 is 2.25 bits per heavy atom. The van der Waals surface area contributed by atoms with Gasteiger partial charge in [-0.3, -0.25) is 4.79 Å². The maximum atomic E-state index is 11.3. The average Bonchev–Trinajstić information content (AvgIpc) is 2.71. The quantitative estimate of drug-likeness (QED) is 0.850. The molecule has 0 aromatic heterocycles. The molecule has 0 radical (unpaired) electrons. The minimum absolute atomic E-state index is 0.208. The highest BCUT2D eigenvalue weighted by Gasteiger charge is 2.42. The van der Waals surface area contributed by atoms with E-state index in [2.05, 4.69) is 0 Å². The molecule has 0 aliphatic heterocycles. The van der Waals surface area contributed by atoms with Crippen molar-refractivity contribution in [3.05, 3.63) is 24.3 Å². The Bertz CT molecular complexity index is 380. The lowest BCUT2D eigenvalue weighted by Gasteiger charge is -2.22. The molecule has 16 heavy (non-hydrogen) atoms. The highest BCUT2D eigenvalue weighted by atomic mass is 32.2. The van der Waals surface area contributed by atoms with Crippen molar-refractivity contribution in [2.45, 2.75) is 35.3 Å². The monoisotopic (exact) mass is 238 g/mol. The molecule has 0 saturated heterocycles. The van der Waals surface area contributed by atoms with Gasteiger partial charge in [-0.15, -0.1) is 11.8 Å². The van der Waals surface area contributed by atoms with E-state index in [0.717, 1.165) is 30.6 Å². The first-order valence-electron chi connectivity index (χ1n) is 5.34. The predicted octanol–water partition coefficient (Wildman–Crippen LogP) is 2.88. The summed E-state index contributed by atoms with van der Waals surface area (Å²) in [6.07, 6.45) is 3.43. The van der Waals surface area contributed by atoms with Crippen molar-refractivity contribution in [2.24, 2.45) is 0 Å². The second-order valence-corrected chi connectivity index (χ2v) is 5.56. The molecular weight excluding hydrogens is 224 g/mol. The normalized spacial score (nSPS) is 18.5. The Kier molecular flexibility index (Phi) is 3.10. The zero-order valence-corrected chi connectivity index (χ0v) is 9.67. The van der Waals surface area contributed by atoms with Gasteiger partial charge in [0.05, 0.1) is 0 Å². The number of aromatic hydroxyl groups is 1. The van der Waals surface area contributed by atoms with E-state index < -0.39 is 10.7 Å². The van der Waals surface area contributed by atoms with E-state index in [1.807, 2.05) is 0 Å². The molecule has 0 heterocycles. The third-order valence-electron chi connectivity index (χ3n) is 2.95. The first kappa shape index (κ1) is 11.3. The molecule has 1 saturated carbocycles. The molecule has 0 atom stereocenters. The van der Waals surface area contributed by atoms with Gasteiger partial charge in [-0.1, -0.05) is 12.8 Å². The highest BCUT2D eigenvalue weighted by molar-refractivity contribution is 8.01. The molecule has 0 amide bonds. The van der Waals surface area contributed by atoms with Crippen molar-refractivity contribution in [3.63, 3.8) is 0 Å². The zero-order valence-electron chi connectivity index (χ0n) is 8.85. The second-order valence-electron chi connectivity index (χ2n) is 4.10. The molecule has 0 spiro atoms. The fourth-order valence-corrected chi connectivity index (χ4v) is 3.35. The number of rotatable bonds is 3. The smallest absolute Gasteiger partial charge is 0.320 e. The van der Waals surface area contributed by atoms with Crippen LogP contribution in [-0.2, 0) is 4.79 Å². The Balaban J connectivity index is 2.18. The first-order valence-corrected chi connectivity index (χ1v) is 6.15. The minimum Gasteiger partial charge on any atom is -0.508 e. The summed E-state index contributed by atoms with van der Waals surface area (Å²) in [5.41, 5.74) is 0. The molecule has 0 unspecified atom stereocenters. The summed E-state index contributed by atoms with van der Waals surface area (Å²) < 4.78 is -0.656. The van der Waals surface area contributed by atoms with Gasteiger partial charge in [0, 0.05) is 4.90 Å². The SMILES string of the molecule is O=C(O)C1(Sc2ccc(O)cc2)CCCC1. The number of hydrogen-bond donors (Lipinski definition) is 2. The number of hydrogen-bond acceptors (Lipinski definition) is 3.